The summed E-state index contributed by atoms with van der Waals surface area (Å²) >= 11 is 0. The highest BCUT2D eigenvalue weighted by molar-refractivity contribution is 7.91. The van der Waals surface area contributed by atoms with Crippen molar-refractivity contribution in [3.8, 4) is 11.5 Å². The zero-order valence-electron chi connectivity index (χ0n) is 16.9. The number of halogens is 5. The third kappa shape index (κ3) is 7.33. The zero-order chi connectivity index (χ0) is 23.4. The van der Waals surface area contributed by atoms with Crippen LogP contribution in [-0.2, 0) is 16.4 Å². The van der Waals surface area contributed by atoms with Gasteiger partial charge in [0.25, 0.3) is 6.43 Å². The molecular formula is C21H22F5NO4S. The quantitative estimate of drug-likeness (QED) is 0.495. The van der Waals surface area contributed by atoms with Gasteiger partial charge in [-0.15, -0.1) is 13.2 Å². The maximum absolute atomic E-state index is 12.7. The predicted octanol–water partition coefficient (Wildman–Crippen LogP) is 4.52. The molecule has 0 bridgehead atoms. The smallest absolute Gasteiger partial charge is 0.488 e. The standard InChI is InChI=1S/C21H22F5NO4S/c22-20(23)13-30-17-6-4-15(5-7-17)11-27-9-8-16(12-27)14-32(28,29)19-3-1-2-18(10-19)31-21(24,25)26/h1-7,10,16,20H,8-9,11-14H2/t16-/m1/s1. The van der Waals surface area contributed by atoms with Gasteiger partial charge in [0.15, 0.2) is 9.84 Å². The third-order valence-electron chi connectivity index (χ3n) is 4.93. The minimum Gasteiger partial charge on any atom is -0.488 e. The lowest BCUT2D eigenvalue weighted by Gasteiger charge is -2.17. The third-order valence-corrected chi connectivity index (χ3v) is 6.81. The van der Waals surface area contributed by atoms with Crippen molar-refractivity contribution in [2.45, 2.75) is 30.6 Å². The topological polar surface area (TPSA) is 55.8 Å². The van der Waals surface area contributed by atoms with E-state index in [0.29, 0.717) is 31.8 Å². The van der Waals surface area contributed by atoms with E-state index in [1.165, 1.54) is 12.1 Å². The van der Waals surface area contributed by atoms with Crippen LogP contribution in [0.1, 0.15) is 12.0 Å². The highest BCUT2D eigenvalue weighted by Crippen LogP contribution is 2.28. The highest BCUT2D eigenvalue weighted by atomic mass is 32.2. The van der Waals surface area contributed by atoms with Crippen LogP contribution in [0.25, 0.3) is 0 Å². The van der Waals surface area contributed by atoms with E-state index in [1.54, 1.807) is 24.3 Å². The molecule has 0 radical (unpaired) electrons. The summed E-state index contributed by atoms with van der Waals surface area (Å²) in [6.07, 6.45) is -6.82. The second-order valence-corrected chi connectivity index (χ2v) is 9.57. The van der Waals surface area contributed by atoms with Gasteiger partial charge in [-0.25, -0.2) is 17.2 Å². The molecule has 2 aromatic rings. The average molecular weight is 479 g/mol. The molecule has 32 heavy (non-hydrogen) atoms. The summed E-state index contributed by atoms with van der Waals surface area (Å²) in [5, 5.41) is 0. The Hall–Kier alpha value is -2.40. The summed E-state index contributed by atoms with van der Waals surface area (Å²) in [5.74, 6) is -0.580. The number of hydrogen-bond acceptors (Lipinski definition) is 5. The number of likely N-dealkylation sites (tertiary alicyclic amines) is 1. The van der Waals surface area contributed by atoms with Crippen LogP contribution in [0.15, 0.2) is 53.4 Å². The first-order valence-corrected chi connectivity index (χ1v) is 11.5. The second kappa shape index (κ2) is 10.0. The number of alkyl halides is 5. The lowest BCUT2D eigenvalue weighted by Crippen LogP contribution is -2.23. The summed E-state index contributed by atoms with van der Waals surface area (Å²) in [7, 11) is -3.79. The molecule has 1 aliphatic rings. The van der Waals surface area contributed by atoms with Gasteiger partial charge in [-0.3, -0.25) is 4.90 Å². The van der Waals surface area contributed by atoms with Crippen molar-refractivity contribution in [1.82, 2.24) is 4.90 Å². The SMILES string of the molecule is O=S(=O)(C[C@@H]1CCN(Cc2ccc(OCC(F)F)cc2)C1)c1cccc(OC(F)(F)F)c1. The van der Waals surface area contributed by atoms with E-state index in [1.807, 2.05) is 0 Å². The lowest BCUT2D eigenvalue weighted by molar-refractivity contribution is -0.274. The number of sulfone groups is 1. The van der Waals surface area contributed by atoms with Crippen LogP contribution >= 0.6 is 0 Å². The average Bonchev–Trinajstić information content (AvgIpc) is 3.12. The van der Waals surface area contributed by atoms with E-state index in [0.717, 1.165) is 17.7 Å². The fourth-order valence-corrected chi connectivity index (χ4v) is 5.24. The number of nitrogens with zero attached hydrogens (tertiary/aromatic N) is 1. The first-order chi connectivity index (χ1) is 15.0. The van der Waals surface area contributed by atoms with Crippen molar-refractivity contribution >= 4 is 9.84 Å². The lowest BCUT2D eigenvalue weighted by atomic mass is 10.1. The van der Waals surface area contributed by atoms with Crippen LogP contribution in [0.2, 0.25) is 0 Å². The van der Waals surface area contributed by atoms with Crippen molar-refractivity contribution < 1.29 is 39.8 Å². The molecule has 0 saturated carbocycles. The molecule has 0 spiro atoms. The summed E-state index contributed by atoms with van der Waals surface area (Å²) in [6, 6.07) is 11.1. The van der Waals surface area contributed by atoms with Crippen molar-refractivity contribution in [1.29, 1.82) is 0 Å². The van der Waals surface area contributed by atoms with Crippen LogP contribution in [0.3, 0.4) is 0 Å². The van der Waals surface area contributed by atoms with Crippen LogP contribution in [0, 0.1) is 5.92 Å². The van der Waals surface area contributed by atoms with Gasteiger partial charge in [0.1, 0.15) is 18.1 Å². The fourth-order valence-electron chi connectivity index (χ4n) is 3.57. The van der Waals surface area contributed by atoms with E-state index >= 15 is 0 Å². The minimum absolute atomic E-state index is 0.166. The number of hydrogen-bond donors (Lipinski definition) is 0. The molecule has 2 aromatic carbocycles. The maximum atomic E-state index is 12.7. The van der Waals surface area contributed by atoms with Gasteiger partial charge in [0.05, 0.1) is 10.6 Å². The molecule has 3 rings (SSSR count). The monoisotopic (exact) mass is 479 g/mol. The largest absolute Gasteiger partial charge is 0.573 e. The van der Waals surface area contributed by atoms with Crippen molar-refractivity contribution in [2.24, 2.45) is 5.92 Å². The fraction of sp³-hybridized carbons (Fsp3) is 0.429. The van der Waals surface area contributed by atoms with E-state index < -0.39 is 35.0 Å². The Balaban J connectivity index is 1.55. The van der Waals surface area contributed by atoms with Gasteiger partial charge in [-0.05, 0) is 54.8 Å². The maximum Gasteiger partial charge on any atom is 0.573 e. The Morgan fingerprint density at radius 1 is 1.06 bits per heavy atom. The molecular weight excluding hydrogens is 457 g/mol. The summed E-state index contributed by atoms with van der Waals surface area (Å²) in [4.78, 5) is 1.86. The molecule has 1 fully saturated rings. The molecule has 0 N–H and O–H groups in total. The Morgan fingerprint density at radius 3 is 2.44 bits per heavy atom. The summed E-state index contributed by atoms with van der Waals surface area (Å²) < 4.78 is 95.7. The van der Waals surface area contributed by atoms with Gasteiger partial charge in [-0.2, -0.15) is 0 Å². The zero-order valence-corrected chi connectivity index (χ0v) is 17.7. The van der Waals surface area contributed by atoms with Crippen LogP contribution in [-0.4, -0.2) is 51.6 Å². The van der Waals surface area contributed by atoms with E-state index in [2.05, 4.69) is 9.64 Å². The molecule has 5 nitrogen and oxygen atoms in total. The molecule has 1 aliphatic heterocycles. The van der Waals surface area contributed by atoms with E-state index in [-0.39, 0.29) is 16.6 Å². The van der Waals surface area contributed by atoms with Crippen LogP contribution < -0.4 is 9.47 Å². The van der Waals surface area contributed by atoms with Crippen molar-refractivity contribution in [3.05, 3.63) is 54.1 Å². The van der Waals surface area contributed by atoms with Gasteiger partial charge < -0.3 is 9.47 Å². The first kappa shape index (κ1) is 24.2. The molecule has 11 heteroatoms. The number of rotatable bonds is 9. The predicted molar refractivity (Wildman–Crippen MR) is 107 cm³/mol. The van der Waals surface area contributed by atoms with Gasteiger partial charge in [0.2, 0.25) is 0 Å². The summed E-state index contributed by atoms with van der Waals surface area (Å²) in [5.41, 5.74) is 0.926. The van der Waals surface area contributed by atoms with Crippen molar-refractivity contribution in [2.75, 3.05) is 25.4 Å². The molecule has 1 atom stereocenters. The number of ether oxygens (including phenoxy) is 2. The highest BCUT2D eigenvalue weighted by Gasteiger charge is 2.32. The molecule has 176 valence electrons. The minimum atomic E-state index is -4.90. The van der Waals surface area contributed by atoms with E-state index in [9.17, 15) is 30.4 Å². The summed E-state index contributed by atoms with van der Waals surface area (Å²) in [6.45, 7) is 1.07. The van der Waals surface area contributed by atoms with Crippen molar-refractivity contribution in [3.63, 3.8) is 0 Å². The first-order valence-electron chi connectivity index (χ1n) is 9.81. The Kier molecular flexibility index (Phi) is 7.60. The Labute approximate surface area is 182 Å². The Morgan fingerprint density at radius 2 is 1.78 bits per heavy atom. The van der Waals surface area contributed by atoms with Crippen LogP contribution in [0.5, 0.6) is 11.5 Å². The molecule has 1 saturated heterocycles. The number of benzene rings is 2. The van der Waals surface area contributed by atoms with Crippen LogP contribution in [0.4, 0.5) is 22.0 Å². The molecule has 0 unspecified atom stereocenters. The molecule has 1 heterocycles. The molecule has 0 aliphatic carbocycles. The Bertz CT molecular complexity index is 996. The molecule has 0 amide bonds. The second-order valence-electron chi connectivity index (χ2n) is 7.54. The normalized spacial score (nSPS) is 17.6. The van der Waals surface area contributed by atoms with E-state index in [4.69, 9.17) is 4.74 Å². The van der Waals surface area contributed by atoms with Gasteiger partial charge >= 0.3 is 6.36 Å². The van der Waals surface area contributed by atoms with Gasteiger partial charge in [-0.1, -0.05) is 18.2 Å². The van der Waals surface area contributed by atoms with Gasteiger partial charge in [0, 0.05) is 13.1 Å². The molecule has 0 aromatic heterocycles.